The molecular weight excluding hydrogens is 290 g/mol. The summed E-state index contributed by atoms with van der Waals surface area (Å²) in [6.07, 6.45) is 1.03. The first-order valence-corrected chi connectivity index (χ1v) is 8.24. The number of nitrogens with one attached hydrogen (secondary N) is 1. The van der Waals surface area contributed by atoms with Crippen LogP contribution in [0.3, 0.4) is 0 Å². The summed E-state index contributed by atoms with van der Waals surface area (Å²) in [5.74, 6) is 0.198. The highest BCUT2D eigenvalue weighted by molar-refractivity contribution is 5.84. The molecule has 5 nitrogen and oxygen atoms in total. The second-order valence-electron chi connectivity index (χ2n) is 6.37. The predicted molar refractivity (Wildman–Crippen MR) is 91.9 cm³/mol. The van der Waals surface area contributed by atoms with Gasteiger partial charge in [0.2, 0.25) is 5.91 Å². The van der Waals surface area contributed by atoms with Gasteiger partial charge in [-0.2, -0.15) is 0 Å². The molecule has 1 atom stereocenters. The number of aryl methyl sites for hydroxylation is 1. The summed E-state index contributed by atoms with van der Waals surface area (Å²) < 4.78 is 0. The average Bonchev–Trinajstić information content (AvgIpc) is 2.52. The summed E-state index contributed by atoms with van der Waals surface area (Å²) in [6.45, 7) is 6.82. The van der Waals surface area contributed by atoms with Crippen LogP contribution >= 0.6 is 0 Å². The highest BCUT2D eigenvalue weighted by Gasteiger charge is 2.20. The Morgan fingerprint density at radius 1 is 1.17 bits per heavy atom. The minimum Gasteiger partial charge on any atom is -0.347 e. The molecule has 0 saturated carbocycles. The van der Waals surface area contributed by atoms with Crippen LogP contribution in [0.25, 0.3) is 0 Å². The van der Waals surface area contributed by atoms with E-state index in [0.717, 1.165) is 6.42 Å². The maximum Gasteiger partial charge on any atom is 0.275 e. The van der Waals surface area contributed by atoms with Crippen LogP contribution in [-0.2, 0) is 16.0 Å². The van der Waals surface area contributed by atoms with Gasteiger partial charge in [-0.15, -0.1) is 0 Å². The van der Waals surface area contributed by atoms with Crippen molar-refractivity contribution in [3.63, 3.8) is 0 Å². The summed E-state index contributed by atoms with van der Waals surface area (Å²) >= 11 is 0. The molecule has 128 valence electrons. The van der Waals surface area contributed by atoms with Crippen molar-refractivity contribution in [1.82, 2.24) is 10.2 Å². The molecular formula is C18H30N3O2+. The third kappa shape index (κ3) is 6.40. The SMILES string of the molecule is CCc1ccc([C@@H]([NH2+]CC(=O)NCC(=O)N(C)C)C(C)C)cc1. The molecule has 3 N–H and O–H groups in total. The van der Waals surface area contributed by atoms with Crippen molar-refractivity contribution in [2.45, 2.75) is 33.2 Å². The van der Waals surface area contributed by atoms with Crippen molar-refractivity contribution in [2.75, 3.05) is 27.2 Å². The molecule has 0 aliphatic rings. The van der Waals surface area contributed by atoms with Crippen LogP contribution in [0.1, 0.15) is 37.9 Å². The van der Waals surface area contributed by atoms with E-state index in [0.29, 0.717) is 12.5 Å². The van der Waals surface area contributed by atoms with Crippen LogP contribution in [-0.4, -0.2) is 43.9 Å². The largest absolute Gasteiger partial charge is 0.347 e. The number of quaternary nitrogens is 1. The number of hydrogen-bond acceptors (Lipinski definition) is 2. The Bertz CT molecular complexity index is 510. The summed E-state index contributed by atoms with van der Waals surface area (Å²) in [4.78, 5) is 24.9. The van der Waals surface area contributed by atoms with Gasteiger partial charge in [0, 0.05) is 25.6 Å². The lowest BCUT2D eigenvalue weighted by Crippen LogP contribution is -2.88. The Labute approximate surface area is 139 Å². The fraction of sp³-hybridized carbons (Fsp3) is 0.556. The van der Waals surface area contributed by atoms with Gasteiger partial charge >= 0.3 is 0 Å². The van der Waals surface area contributed by atoms with Crippen LogP contribution in [0.4, 0.5) is 0 Å². The monoisotopic (exact) mass is 320 g/mol. The molecule has 0 spiro atoms. The number of hydrogen-bond donors (Lipinski definition) is 2. The first kappa shape index (κ1) is 19.2. The number of rotatable bonds is 8. The van der Waals surface area contributed by atoms with E-state index in [1.807, 2.05) is 5.32 Å². The highest BCUT2D eigenvalue weighted by atomic mass is 16.2. The molecule has 0 saturated heterocycles. The predicted octanol–water partition coefficient (Wildman–Crippen LogP) is 0.714. The summed E-state index contributed by atoms with van der Waals surface area (Å²) in [6, 6.07) is 8.82. The minimum atomic E-state index is -0.115. The highest BCUT2D eigenvalue weighted by Crippen LogP contribution is 2.18. The van der Waals surface area contributed by atoms with Gasteiger partial charge < -0.3 is 15.5 Å². The molecule has 1 rings (SSSR count). The summed E-state index contributed by atoms with van der Waals surface area (Å²) in [5, 5.41) is 4.71. The average molecular weight is 320 g/mol. The van der Waals surface area contributed by atoms with Crippen molar-refractivity contribution in [3.8, 4) is 0 Å². The molecule has 0 bridgehead atoms. The van der Waals surface area contributed by atoms with Crippen molar-refractivity contribution in [1.29, 1.82) is 0 Å². The van der Waals surface area contributed by atoms with Crippen LogP contribution in [0.2, 0.25) is 0 Å². The lowest BCUT2D eigenvalue weighted by atomic mass is 9.95. The molecule has 0 aromatic heterocycles. The van der Waals surface area contributed by atoms with Crippen molar-refractivity contribution >= 4 is 11.8 Å². The second kappa shape index (κ2) is 9.30. The zero-order chi connectivity index (χ0) is 17.4. The molecule has 5 heteroatoms. The van der Waals surface area contributed by atoms with Gasteiger partial charge in [-0.3, -0.25) is 9.59 Å². The van der Waals surface area contributed by atoms with Gasteiger partial charge in [0.15, 0.2) is 6.54 Å². The first-order chi connectivity index (χ1) is 10.8. The van der Waals surface area contributed by atoms with Crippen molar-refractivity contribution < 1.29 is 14.9 Å². The lowest BCUT2D eigenvalue weighted by Gasteiger charge is -2.20. The summed E-state index contributed by atoms with van der Waals surface area (Å²) in [7, 11) is 3.35. The molecule has 23 heavy (non-hydrogen) atoms. The van der Waals surface area contributed by atoms with E-state index in [4.69, 9.17) is 0 Å². The number of amides is 2. The van der Waals surface area contributed by atoms with Gasteiger partial charge in [-0.1, -0.05) is 45.0 Å². The van der Waals surface area contributed by atoms with E-state index in [1.54, 1.807) is 14.1 Å². The molecule has 0 fully saturated rings. The Kier molecular flexibility index (Phi) is 7.75. The van der Waals surface area contributed by atoms with Gasteiger partial charge in [0.25, 0.3) is 5.91 Å². The Morgan fingerprint density at radius 2 is 1.78 bits per heavy atom. The number of carbonyl (C=O) groups is 2. The molecule has 0 radical (unpaired) electrons. The molecule has 2 amide bonds. The number of carbonyl (C=O) groups excluding carboxylic acids is 2. The van der Waals surface area contributed by atoms with E-state index >= 15 is 0 Å². The molecule has 0 heterocycles. The number of benzene rings is 1. The van der Waals surface area contributed by atoms with Crippen molar-refractivity contribution in [2.24, 2.45) is 5.92 Å². The maximum atomic E-state index is 11.9. The van der Waals surface area contributed by atoms with E-state index in [2.05, 4.69) is 50.4 Å². The zero-order valence-corrected chi connectivity index (χ0v) is 14.9. The standard InChI is InChI=1S/C18H29N3O2/c1-6-14-7-9-15(10-8-14)18(13(2)3)20-11-16(22)19-12-17(23)21(4)5/h7-10,13,18,20H,6,11-12H2,1-5H3,(H,19,22)/p+1/t18-/m0/s1. The number of likely N-dealkylation sites (N-methyl/N-ethyl adjacent to an activating group) is 1. The van der Waals surface area contributed by atoms with E-state index in [1.165, 1.54) is 16.0 Å². The molecule has 1 aromatic carbocycles. The fourth-order valence-corrected chi connectivity index (χ4v) is 2.41. The van der Waals surface area contributed by atoms with Gasteiger partial charge in [-0.25, -0.2) is 0 Å². The van der Waals surface area contributed by atoms with E-state index in [-0.39, 0.29) is 24.4 Å². The third-order valence-corrected chi connectivity index (χ3v) is 3.98. The molecule has 0 aliphatic heterocycles. The second-order valence-corrected chi connectivity index (χ2v) is 6.37. The fourth-order valence-electron chi connectivity index (χ4n) is 2.41. The minimum absolute atomic E-state index is 0.0528. The Balaban J connectivity index is 2.56. The Morgan fingerprint density at radius 3 is 2.26 bits per heavy atom. The third-order valence-electron chi connectivity index (χ3n) is 3.98. The topological polar surface area (TPSA) is 66.0 Å². The van der Waals surface area contributed by atoms with Crippen LogP contribution < -0.4 is 10.6 Å². The maximum absolute atomic E-state index is 11.9. The van der Waals surface area contributed by atoms with Crippen LogP contribution in [0, 0.1) is 5.92 Å². The lowest BCUT2D eigenvalue weighted by molar-refractivity contribution is -0.692. The smallest absolute Gasteiger partial charge is 0.275 e. The number of nitrogens with zero attached hydrogens (tertiary/aromatic N) is 1. The molecule has 0 aliphatic carbocycles. The first-order valence-electron chi connectivity index (χ1n) is 8.24. The van der Waals surface area contributed by atoms with Crippen LogP contribution in [0.15, 0.2) is 24.3 Å². The van der Waals surface area contributed by atoms with Gasteiger partial charge in [-0.05, 0) is 12.0 Å². The zero-order valence-electron chi connectivity index (χ0n) is 14.9. The number of nitrogens with two attached hydrogens (primary N) is 1. The van der Waals surface area contributed by atoms with Crippen molar-refractivity contribution in [3.05, 3.63) is 35.4 Å². The van der Waals surface area contributed by atoms with Gasteiger partial charge in [0.1, 0.15) is 6.04 Å². The molecule has 1 aromatic rings. The van der Waals surface area contributed by atoms with E-state index in [9.17, 15) is 9.59 Å². The van der Waals surface area contributed by atoms with Gasteiger partial charge in [0.05, 0.1) is 6.54 Å². The molecule has 0 unspecified atom stereocenters. The normalized spacial score (nSPS) is 12.1. The summed E-state index contributed by atoms with van der Waals surface area (Å²) in [5.41, 5.74) is 2.55. The quantitative estimate of drug-likeness (QED) is 0.741. The van der Waals surface area contributed by atoms with Crippen LogP contribution in [0.5, 0.6) is 0 Å². The van der Waals surface area contributed by atoms with E-state index < -0.39 is 0 Å². The Hall–Kier alpha value is -1.88.